The van der Waals surface area contributed by atoms with E-state index in [1.54, 1.807) is 6.07 Å². The SMILES string of the molecule is CCc1ccc(CNc2cccc(Cl)c2N)cc1. The molecular weight excluding hydrogens is 244 g/mol. The van der Waals surface area contributed by atoms with E-state index >= 15 is 0 Å². The van der Waals surface area contributed by atoms with E-state index in [9.17, 15) is 0 Å². The van der Waals surface area contributed by atoms with Gasteiger partial charge in [0.1, 0.15) is 0 Å². The first kappa shape index (κ1) is 12.8. The van der Waals surface area contributed by atoms with E-state index < -0.39 is 0 Å². The molecule has 0 bridgehead atoms. The van der Waals surface area contributed by atoms with E-state index in [4.69, 9.17) is 17.3 Å². The molecule has 0 unspecified atom stereocenters. The van der Waals surface area contributed by atoms with E-state index in [0.29, 0.717) is 10.7 Å². The Morgan fingerprint density at radius 1 is 1.06 bits per heavy atom. The van der Waals surface area contributed by atoms with E-state index in [1.165, 1.54) is 11.1 Å². The number of nitrogens with two attached hydrogens (primary N) is 1. The van der Waals surface area contributed by atoms with Gasteiger partial charge in [-0.2, -0.15) is 0 Å². The van der Waals surface area contributed by atoms with E-state index in [2.05, 4.69) is 36.5 Å². The van der Waals surface area contributed by atoms with Gasteiger partial charge in [-0.15, -0.1) is 0 Å². The van der Waals surface area contributed by atoms with Crippen LogP contribution < -0.4 is 11.1 Å². The van der Waals surface area contributed by atoms with Crippen LogP contribution >= 0.6 is 11.6 Å². The first-order valence-corrected chi connectivity index (χ1v) is 6.44. The number of nitrogens with one attached hydrogen (secondary N) is 1. The molecule has 2 aromatic rings. The summed E-state index contributed by atoms with van der Waals surface area (Å²) in [6, 6.07) is 14.2. The molecule has 3 heteroatoms. The minimum atomic E-state index is 0.585. The number of rotatable bonds is 4. The lowest BCUT2D eigenvalue weighted by Gasteiger charge is -2.10. The lowest BCUT2D eigenvalue weighted by atomic mass is 10.1. The molecular formula is C15H17ClN2. The van der Waals surface area contributed by atoms with Crippen molar-refractivity contribution in [3.8, 4) is 0 Å². The Balaban J connectivity index is 2.04. The zero-order chi connectivity index (χ0) is 13.0. The Morgan fingerprint density at radius 3 is 2.39 bits per heavy atom. The van der Waals surface area contributed by atoms with E-state index in [-0.39, 0.29) is 0 Å². The average molecular weight is 261 g/mol. The highest BCUT2D eigenvalue weighted by Gasteiger charge is 2.02. The molecule has 0 saturated heterocycles. The maximum atomic E-state index is 5.97. The number of hydrogen-bond acceptors (Lipinski definition) is 2. The summed E-state index contributed by atoms with van der Waals surface area (Å²) in [6.07, 6.45) is 1.06. The number of benzene rings is 2. The maximum Gasteiger partial charge on any atom is 0.0739 e. The summed E-state index contributed by atoms with van der Waals surface area (Å²) in [5.41, 5.74) is 9.95. The molecule has 0 spiro atoms. The number of para-hydroxylation sites is 1. The van der Waals surface area contributed by atoms with Crippen LogP contribution in [0.1, 0.15) is 18.1 Å². The van der Waals surface area contributed by atoms with Crippen LogP contribution in [-0.2, 0) is 13.0 Å². The Bertz CT molecular complexity index is 521. The third-order valence-electron chi connectivity index (χ3n) is 2.97. The van der Waals surface area contributed by atoms with Crippen LogP contribution in [0.2, 0.25) is 5.02 Å². The second kappa shape index (κ2) is 5.78. The van der Waals surface area contributed by atoms with Crippen molar-refractivity contribution in [2.24, 2.45) is 0 Å². The standard InChI is InChI=1S/C15H17ClN2/c1-2-11-6-8-12(9-7-11)10-18-14-5-3-4-13(16)15(14)17/h3-9,18H,2,10,17H2,1H3. The van der Waals surface area contributed by atoms with Crippen molar-refractivity contribution in [2.45, 2.75) is 19.9 Å². The van der Waals surface area contributed by atoms with Crippen LogP contribution in [0.5, 0.6) is 0 Å². The number of aryl methyl sites for hydroxylation is 1. The van der Waals surface area contributed by atoms with E-state index in [0.717, 1.165) is 18.7 Å². The maximum absolute atomic E-state index is 5.97. The fourth-order valence-corrected chi connectivity index (χ4v) is 1.96. The lowest BCUT2D eigenvalue weighted by molar-refractivity contribution is 1.11. The molecule has 3 N–H and O–H groups in total. The monoisotopic (exact) mass is 260 g/mol. The van der Waals surface area contributed by atoms with Gasteiger partial charge in [-0.1, -0.05) is 48.9 Å². The fraction of sp³-hybridized carbons (Fsp3) is 0.200. The molecule has 2 nitrogen and oxygen atoms in total. The van der Waals surface area contributed by atoms with Crippen LogP contribution in [0.4, 0.5) is 11.4 Å². The molecule has 0 heterocycles. The zero-order valence-electron chi connectivity index (χ0n) is 10.4. The van der Waals surface area contributed by atoms with Crippen LogP contribution in [0, 0.1) is 0 Å². The van der Waals surface area contributed by atoms with Crippen molar-refractivity contribution in [2.75, 3.05) is 11.1 Å². The smallest absolute Gasteiger partial charge is 0.0739 e. The van der Waals surface area contributed by atoms with Gasteiger partial charge in [0, 0.05) is 6.54 Å². The molecule has 0 aliphatic heterocycles. The van der Waals surface area contributed by atoms with Crippen LogP contribution in [0.25, 0.3) is 0 Å². The Kier molecular flexibility index (Phi) is 4.11. The third kappa shape index (κ3) is 2.96. The topological polar surface area (TPSA) is 38.0 Å². The summed E-state index contributed by atoms with van der Waals surface area (Å²) in [5.74, 6) is 0. The minimum absolute atomic E-state index is 0.585. The van der Waals surface area contributed by atoms with Crippen LogP contribution in [-0.4, -0.2) is 0 Å². The molecule has 0 fully saturated rings. The second-order valence-corrected chi connectivity index (χ2v) is 4.63. The predicted octanol–water partition coefficient (Wildman–Crippen LogP) is 4.10. The number of halogens is 1. The summed E-state index contributed by atoms with van der Waals surface area (Å²) in [4.78, 5) is 0. The third-order valence-corrected chi connectivity index (χ3v) is 3.30. The van der Waals surface area contributed by atoms with Gasteiger partial charge in [-0.05, 0) is 29.7 Å². The molecule has 2 aromatic carbocycles. The Hall–Kier alpha value is -1.67. The highest BCUT2D eigenvalue weighted by Crippen LogP contribution is 2.27. The van der Waals surface area contributed by atoms with Crippen molar-refractivity contribution in [3.63, 3.8) is 0 Å². The zero-order valence-corrected chi connectivity index (χ0v) is 11.2. The molecule has 0 atom stereocenters. The highest BCUT2D eigenvalue weighted by molar-refractivity contribution is 6.33. The molecule has 94 valence electrons. The summed E-state index contributed by atoms with van der Waals surface area (Å²) in [7, 11) is 0. The first-order chi connectivity index (χ1) is 8.70. The quantitative estimate of drug-likeness (QED) is 0.813. The fourth-order valence-electron chi connectivity index (χ4n) is 1.78. The molecule has 0 amide bonds. The van der Waals surface area contributed by atoms with Gasteiger partial charge in [-0.3, -0.25) is 0 Å². The van der Waals surface area contributed by atoms with E-state index in [1.807, 2.05) is 12.1 Å². The molecule has 0 aliphatic carbocycles. The first-order valence-electron chi connectivity index (χ1n) is 6.06. The second-order valence-electron chi connectivity index (χ2n) is 4.22. The number of anilines is 2. The van der Waals surface area contributed by atoms with Gasteiger partial charge in [0.25, 0.3) is 0 Å². The van der Waals surface area contributed by atoms with Gasteiger partial charge < -0.3 is 11.1 Å². The van der Waals surface area contributed by atoms with Gasteiger partial charge in [-0.25, -0.2) is 0 Å². The average Bonchev–Trinajstić information content (AvgIpc) is 2.41. The Morgan fingerprint density at radius 2 is 1.72 bits per heavy atom. The normalized spacial score (nSPS) is 10.3. The summed E-state index contributed by atoms with van der Waals surface area (Å²) in [5, 5.41) is 3.88. The molecule has 0 aromatic heterocycles. The number of hydrogen-bond donors (Lipinski definition) is 2. The summed E-state index contributed by atoms with van der Waals surface area (Å²) >= 11 is 5.97. The molecule has 0 aliphatic rings. The molecule has 18 heavy (non-hydrogen) atoms. The largest absolute Gasteiger partial charge is 0.396 e. The summed E-state index contributed by atoms with van der Waals surface area (Å²) < 4.78 is 0. The summed E-state index contributed by atoms with van der Waals surface area (Å²) in [6.45, 7) is 2.90. The van der Waals surface area contributed by atoms with Crippen molar-refractivity contribution in [1.82, 2.24) is 0 Å². The van der Waals surface area contributed by atoms with Crippen molar-refractivity contribution >= 4 is 23.0 Å². The predicted molar refractivity (Wildman–Crippen MR) is 79.0 cm³/mol. The van der Waals surface area contributed by atoms with Crippen molar-refractivity contribution < 1.29 is 0 Å². The number of nitrogen functional groups attached to an aromatic ring is 1. The van der Waals surface area contributed by atoms with Crippen molar-refractivity contribution in [3.05, 3.63) is 58.6 Å². The Labute approximate surface area is 113 Å². The van der Waals surface area contributed by atoms with Crippen LogP contribution in [0.15, 0.2) is 42.5 Å². The lowest BCUT2D eigenvalue weighted by Crippen LogP contribution is -2.02. The molecule has 0 saturated carbocycles. The minimum Gasteiger partial charge on any atom is -0.396 e. The van der Waals surface area contributed by atoms with Gasteiger partial charge in [0.05, 0.1) is 16.4 Å². The molecule has 2 rings (SSSR count). The van der Waals surface area contributed by atoms with Crippen molar-refractivity contribution in [1.29, 1.82) is 0 Å². The van der Waals surface area contributed by atoms with Crippen LogP contribution in [0.3, 0.4) is 0 Å². The molecule has 0 radical (unpaired) electrons. The van der Waals surface area contributed by atoms with Gasteiger partial charge in [0.15, 0.2) is 0 Å². The van der Waals surface area contributed by atoms with Gasteiger partial charge >= 0.3 is 0 Å². The highest BCUT2D eigenvalue weighted by atomic mass is 35.5. The van der Waals surface area contributed by atoms with Gasteiger partial charge in [0.2, 0.25) is 0 Å².